The van der Waals surface area contributed by atoms with E-state index in [2.05, 4.69) is 52.5 Å². The lowest BCUT2D eigenvalue weighted by Crippen LogP contribution is -2.00. The van der Waals surface area contributed by atoms with Crippen molar-refractivity contribution in [2.45, 2.75) is 27.7 Å². The summed E-state index contributed by atoms with van der Waals surface area (Å²) in [6.07, 6.45) is 2.17. The first kappa shape index (κ1) is 13.6. The van der Waals surface area contributed by atoms with Crippen molar-refractivity contribution in [2.24, 2.45) is 5.92 Å². The number of ether oxygens (including phenoxy) is 1. The molecular weight excluding hydrogens is 208 g/mol. The van der Waals surface area contributed by atoms with Crippen LogP contribution in [0.15, 0.2) is 36.4 Å². The van der Waals surface area contributed by atoms with Gasteiger partial charge in [-0.1, -0.05) is 31.2 Å². The highest BCUT2D eigenvalue weighted by molar-refractivity contribution is 5.70. The van der Waals surface area contributed by atoms with E-state index in [4.69, 9.17) is 4.74 Å². The van der Waals surface area contributed by atoms with Gasteiger partial charge in [-0.2, -0.15) is 0 Å². The summed E-state index contributed by atoms with van der Waals surface area (Å²) >= 11 is 0. The summed E-state index contributed by atoms with van der Waals surface area (Å²) in [7, 11) is 1.70. The molecule has 0 N–H and O–H groups in total. The lowest BCUT2D eigenvalue weighted by molar-refractivity contribution is 0.411. The van der Waals surface area contributed by atoms with Crippen molar-refractivity contribution < 1.29 is 4.74 Å². The number of hydrogen-bond acceptors (Lipinski definition) is 1. The van der Waals surface area contributed by atoms with Crippen LogP contribution in [0.25, 0.3) is 5.57 Å². The molecular formula is C16H22O. The molecule has 0 bridgehead atoms. The minimum absolute atomic E-state index is 0.382. The van der Waals surface area contributed by atoms with Crippen molar-refractivity contribution in [3.05, 3.63) is 47.6 Å². The molecule has 0 saturated heterocycles. The first-order valence-electron chi connectivity index (χ1n) is 5.97. The molecule has 1 nitrogen and oxygen atoms in total. The predicted molar refractivity (Wildman–Crippen MR) is 75.4 cm³/mol. The van der Waals surface area contributed by atoms with Gasteiger partial charge in [0.15, 0.2) is 0 Å². The fourth-order valence-corrected chi connectivity index (χ4v) is 1.99. The lowest BCUT2D eigenvalue weighted by atomic mass is 9.88. The maximum absolute atomic E-state index is 5.28. The number of rotatable bonds is 4. The molecule has 17 heavy (non-hydrogen) atoms. The van der Waals surface area contributed by atoms with Gasteiger partial charge in [0.05, 0.1) is 7.11 Å². The molecule has 1 rings (SSSR count). The summed E-state index contributed by atoms with van der Waals surface area (Å²) < 4.78 is 5.28. The Labute approximate surface area is 105 Å². The van der Waals surface area contributed by atoms with E-state index in [0.717, 1.165) is 5.75 Å². The summed E-state index contributed by atoms with van der Waals surface area (Å²) in [4.78, 5) is 0. The van der Waals surface area contributed by atoms with Gasteiger partial charge in [-0.15, -0.1) is 0 Å². The minimum atomic E-state index is 0.382. The summed E-state index contributed by atoms with van der Waals surface area (Å²) in [5.41, 5.74) is 4.93. The van der Waals surface area contributed by atoms with E-state index in [1.807, 2.05) is 6.07 Å². The number of allylic oxidation sites excluding steroid dienone is 3. The van der Waals surface area contributed by atoms with Crippen LogP contribution in [0.3, 0.4) is 0 Å². The second-order valence-corrected chi connectivity index (χ2v) is 4.50. The number of benzene rings is 1. The molecule has 92 valence electrons. The third kappa shape index (κ3) is 3.00. The zero-order chi connectivity index (χ0) is 13.0. The van der Waals surface area contributed by atoms with E-state index in [9.17, 15) is 0 Å². The molecule has 0 spiro atoms. The van der Waals surface area contributed by atoms with Gasteiger partial charge in [0.25, 0.3) is 0 Å². The topological polar surface area (TPSA) is 9.23 Å². The molecule has 1 aromatic carbocycles. The van der Waals surface area contributed by atoms with E-state index in [1.165, 1.54) is 22.3 Å². The number of methoxy groups -OCH3 is 1. The summed E-state index contributed by atoms with van der Waals surface area (Å²) in [5, 5.41) is 0. The lowest BCUT2D eigenvalue weighted by Gasteiger charge is -2.17. The fourth-order valence-electron chi connectivity index (χ4n) is 1.99. The van der Waals surface area contributed by atoms with Gasteiger partial charge in [-0.3, -0.25) is 0 Å². The zero-order valence-corrected chi connectivity index (χ0v) is 11.5. The Morgan fingerprint density at radius 3 is 2.47 bits per heavy atom. The summed E-state index contributed by atoms with van der Waals surface area (Å²) in [6.45, 7) is 12.5. The second-order valence-electron chi connectivity index (χ2n) is 4.50. The van der Waals surface area contributed by atoms with Crippen LogP contribution >= 0.6 is 0 Å². The zero-order valence-electron chi connectivity index (χ0n) is 11.5. The predicted octanol–water partition coefficient (Wildman–Crippen LogP) is 4.62. The first-order chi connectivity index (χ1) is 8.01. The molecule has 0 amide bonds. The van der Waals surface area contributed by atoms with Crippen LogP contribution in [0.2, 0.25) is 0 Å². The standard InChI is InChI=1S/C16H22O/c1-7-15(13(5)11(2)3)14-8-9-16(17-6)12(4)10-14/h7-10,13H,2H2,1,3-6H3/b15-7+. The van der Waals surface area contributed by atoms with Crippen molar-refractivity contribution >= 4 is 5.57 Å². The molecule has 0 fully saturated rings. The van der Waals surface area contributed by atoms with E-state index in [0.29, 0.717) is 5.92 Å². The molecule has 0 aliphatic heterocycles. The maximum Gasteiger partial charge on any atom is 0.121 e. The Kier molecular flexibility index (Phi) is 4.56. The van der Waals surface area contributed by atoms with E-state index >= 15 is 0 Å². The number of hydrogen-bond donors (Lipinski definition) is 0. The van der Waals surface area contributed by atoms with Crippen LogP contribution in [-0.2, 0) is 0 Å². The normalized spacial score (nSPS) is 13.4. The molecule has 1 heteroatoms. The Balaban J connectivity index is 3.15. The van der Waals surface area contributed by atoms with Crippen LogP contribution in [-0.4, -0.2) is 7.11 Å². The highest BCUT2D eigenvalue weighted by Crippen LogP contribution is 2.30. The highest BCUT2D eigenvalue weighted by Gasteiger charge is 2.12. The molecule has 1 unspecified atom stereocenters. The van der Waals surface area contributed by atoms with Gasteiger partial charge in [0.2, 0.25) is 0 Å². The maximum atomic E-state index is 5.28. The molecule has 0 saturated carbocycles. The van der Waals surface area contributed by atoms with Gasteiger partial charge in [0.1, 0.15) is 5.75 Å². The van der Waals surface area contributed by atoms with Gasteiger partial charge < -0.3 is 4.74 Å². The van der Waals surface area contributed by atoms with Crippen LogP contribution in [0, 0.1) is 12.8 Å². The van der Waals surface area contributed by atoms with Crippen molar-refractivity contribution in [3.8, 4) is 5.75 Å². The van der Waals surface area contributed by atoms with Crippen molar-refractivity contribution in [1.29, 1.82) is 0 Å². The average Bonchev–Trinajstić information content (AvgIpc) is 2.30. The third-order valence-electron chi connectivity index (χ3n) is 3.24. The Hall–Kier alpha value is -1.50. The quantitative estimate of drug-likeness (QED) is 0.686. The summed E-state index contributed by atoms with van der Waals surface area (Å²) in [6, 6.07) is 6.31. The van der Waals surface area contributed by atoms with Crippen molar-refractivity contribution in [3.63, 3.8) is 0 Å². The molecule has 0 aliphatic carbocycles. The molecule has 0 aromatic heterocycles. The highest BCUT2D eigenvalue weighted by atomic mass is 16.5. The fraction of sp³-hybridized carbons (Fsp3) is 0.375. The Morgan fingerprint density at radius 2 is 2.06 bits per heavy atom. The molecule has 0 heterocycles. The Morgan fingerprint density at radius 1 is 1.41 bits per heavy atom. The summed E-state index contributed by atoms with van der Waals surface area (Å²) in [5.74, 6) is 1.32. The van der Waals surface area contributed by atoms with E-state index < -0.39 is 0 Å². The van der Waals surface area contributed by atoms with Gasteiger partial charge >= 0.3 is 0 Å². The average molecular weight is 230 g/mol. The first-order valence-corrected chi connectivity index (χ1v) is 5.97. The molecule has 1 aromatic rings. The molecule has 0 radical (unpaired) electrons. The van der Waals surface area contributed by atoms with Crippen molar-refractivity contribution in [1.82, 2.24) is 0 Å². The Bertz CT molecular complexity index is 441. The molecule has 1 atom stereocenters. The van der Waals surface area contributed by atoms with E-state index in [1.54, 1.807) is 7.11 Å². The van der Waals surface area contributed by atoms with Gasteiger partial charge in [-0.05, 0) is 49.6 Å². The monoisotopic (exact) mass is 230 g/mol. The van der Waals surface area contributed by atoms with Gasteiger partial charge in [0, 0.05) is 5.92 Å². The third-order valence-corrected chi connectivity index (χ3v) is 3.24. The minimum Gasteiger partial charge on any atom is -0.496 e. The van der Waals surface area contributed by atoms with Crippen LogP contribution < -0.4 is 4.74 Å². The van der Waals surface area contributed by atoms with Crippen LogP contribution in [0.1, 0.15) is 31.9 Å². The van der Waals surface area contributed by atoms with Crippen LogP contribution in [0.4, 0.5) is 0 Å². The largest absolute Gasteiger partial charge is 0.496 e. The van der Waals surface area contributed by atoms with Crippen LogP contribution in [0.5, 0.6) is 5.75 Å². The van der Waals surface area contributed by atoms with E-state index in [-0.39, 0.29) is 0 Å². The number of aryl methyl sites for hydroxylation is 1. The van der Waals surface area contributed by atoms with Gasteiger partial charge in [-0.25, -0.2) is 0 Å². The molecule has 0 aliphatic rings. The SMILES string of the molecule is C=C(C)C(C)/C(=C\C)c1ccc(OC)c(C)c1. The van der Waals surface area contributed by atoms with Crippen molar-refractivity contribution in [2.75, 3.05) is 7.11 Å². The smallest absolute Gasteiger partial charge is 0.121 e. The second kappa shape index (κ2) is 5.72.